The van der Waals surface area contributed by atoms with Gasteiger partial charge in [0.05, 0.1) is 10.0 Å². The smallest absolute Gasteiger partial charge is 0.120 e. The van der Waals surface area contributed by atoms with Gasteiger partial charge < -0.3 is 4.79 Å². The Labute approximate surface area is 87.7 Å². The van der Waals surface area contributed by atoms with Crippen molar-refractivity contribution in [1.82, 2.24) is 0 Å². The number of aldehydes is 1. The van der Waals surface area contributed by atoms with Crippen LogP contribution in [0.4, 0.5) is 0 Å². The van der Waals surface area contributed by atoms with Crippen LogP contribution < -0.4 is 0 Å². The van der Waals surface area contributed by atoms with Gasteiger partial charge in [-0.05, 0) is 24.5 Å². The minimum absolute atomic E-state index is 0.572. The minimum Gasteiger partial charge on any atom is -0.303 e. The lowest BCUT2D eigenvalue weighted by Gasteiger charge is -2.03. The van der Waals surface area contributed by atoms with E-state index in [4.69, 9.17) is 23.2 Å². The highest BCUT2D eigenvalue weighted by Gasteiger charge is 2.02. The van der Waals surface area contributed by atoms with Crippen molar-refractivity contribution in [3.8, 4) is 0 Å². The number of hydrogen-bond donors (Lipinski definition) is 0. The summed E-state index contributed by atoms with van der Waals surface area (Å²) in [5, 5.41) is 1.18. The van der Waals surface area contributed by atoms with Gasteiger partial charge in [0.1, 0.15) is 6.29 Å². The zero-order chi connectivity index (χ0) is 9.68. The predicted molar refractivity (Wildman–Crippen MR) is 55.5 cm³/mol. The van der Waals surface area contributed by atoms with Gasteiger partial charge in [0, 0.05) is 6.42 Å². The van der Waals surface area contributed by atoms with Crippen molar-refractivity contribution < 1.29 is 4.79 Å². The second-order valence-corrected chi connectivity index (χ2v) is 3.56. The molecule has 1 rings (SSSR count). The van der Waals surface area contributed by atoms with Gasteiger partial charge >= 0.3 is 0 Å². The number of carbonyl (C=O) groups excluding carboxylic acids is 1. The average Bonchev–Trinajstić information content (AvgIpc) is 2.13. The molecule has 1 aromatic carbocycles. The van der Waals surface area contributed by atoms with Crippen LogP contribution in [-0.4, -0.2) is 6.29 Å². The molecule has 0 fully saturated rings. The SMILES string of the molecule is O=CCCCc1cccc(Cl)c1Cl. The first-order valence-electron chi connectivity index (χ1n) is 4.12. The van der Waals surface area contributed by atoms with Gasteiger partial charge in [0.2, 0.25) is 0 Å². The first-order valence-corrected chi connectivity index (χ1v) is 4.88. The summed E-state index contributed by atoms with van der Waals surface area (Å²) in [6.07, 6.45) is 3.11. The number of aryl methyl sites for hydroxylation is 1. The molecule has 1 nitrogen and oxygen atoms in total. The Morgan fingerprint density at radius 3 is 2.77 bits per heavy atom. The zero-order valence-corrected chi connectivity index (χ0v) is 8.61. The molecule has 0 spiro atoms. The van der Waals surface area contributed by atoms with E-state index in [0.29, 0.717) is 16.5 Å². The fourth-order valence-electron chi connectivity index (χ4n) is 1.12. The van der Waals surface area contributed by atoms with E-state index in [-0.39, 0.29) is 0 Å². The molecule has 0 saturated heterocycles. The van der Waals surface area contributed by atoms with Crippen molar-refractivity contribution >= 4 is 29.5 Å². The number of benzene rings is 1. The molecule has 0 aromatic heterocycles. The summed E-state index contributed by atoms with van der Waals surface area (Å²) in [4.78, 5) is 10.1. The molecule has 0 aliphatic heterocycles. The van der Waals surface area contributed by atoms with Crippen LogP contribution in [0.5, 0.6) is 0 Å². The van der Waals surface area contributed by atoms with Crippen LogP contribution in [0.1, 0.15) is 18.4 Å². The first kappa shape index (κ1) is 10.6. The second-order valence-electron chi connectivity index (χ2n) is 2.77. The van der Waals surface area contributed by atoms with Crippen molar-refractivity contribution in [2.45, 2.75) is 19.3 Å². The quantitative estimate of drug-likeness (QED) is 0.557. The third kappa shape index (κ3) is 3.02. The zero-order valence-electron chi connectivity index (χ0n) is 7.09. The Hall–Kier alpha value is -0.530. The number of rotatable bonds is 4. The van der Waals surface area contributed by atoms with Crippen molar-refractivity contribution in [3.05, 3.63) is 33.8 Å². The maximum Gasteiger partial charge on any atom is 0.120 e. The molecule has 70 valence electrons. The third-order valence-electron chi connectivity index (χ3n) is 1.80. The second kappa shape index (κ2) is 5.25. The average molecular weight is 217 g/mol. The van der Waals surface area contributed by atoms with Crippen LogP contribution in [0.15, 0.2) is 18.2 Å². The van der Waals surface area contributed by atoms with Crippen LogP contribution in [0.3, 0.4) is 0 Å². The van der Waals surface area contributed by atoms with E-state index in [1.807, 2.05) is 12.1 Å². The summed E-state index contributed by atoms with van der Waals surface area (Å²) in [6, 6.07) is 5.55. The molecule has 0 aliphatic rings. The van der Waals surface area contributed by atoms with Gasteiger partial charge in [0.15, 0.2) is 0 Å². The molecule has 0 N–H and O–H groups in total. The third-order valence-corrected chi connectivity index (χ3v) is 2.66. The minimum atomic E-state index is 0.572. The van der Waals surface area contributed by atoms with E-state index >= 15 is 0 Å². The Morgan fingerprint density at radius 1 is 1.31 bits per heavy atom. The summed E-state index contributed by atoms with van der Waals surface area (Å²) in [7, 11) is 0. The summed E-state index contributed by atoms with van der Waals surface area (Å²) in [5.74, 6) is 0. The molecule has 0 radical (unpaired) electrons. The summed E-state index contributed by atoms with van der Waals surface area (Å²) in [6.45, 7) is 0. The van der Waals surface area contributed by atoms with Crippen LogP contribution in [0, 0.1) is 0 Å². The highest BCUT2D eigenvalue weighted by molar-refractivity contribution is 6.42. The fraction of sp³-hybridized carbons (Fsp3) is 0.300. The first-order chi connectivity index (χ1) is 6.25. The van der Waals surface area contributed by atoms with Crippen molar-refractivity contribution in [2.75, 3.05) is 0 Å². The van der Waals surface area contributed by atoms with Crippen LogP contribution in [-0.2, 0) is 11.2 Å². The van der Waals surface area contributed by atoms with E-state index in [9.17, 15) is 4.79 Å². The molecular formula is C10H10Cl2O. The van der Waals surface area contributed by atoms with Crippen LogP contribution in [0.2, 0.25) is 10.0 Å². The standard InChI is InChI=1S/C10H10Cl2O/c11-9-6-3-5-8(10(9)12)4-1-2-7-13/h3,5-7H,1-2,4H2. The molecule has 13 heavy (non-hydrogen) atoms. The Morgan fingerprint density at radius 2 is 2.08 bits per heavy atom. The van der Waals surface area contributed by atoms with Crippen molar-refractivity contribution in [2.24, 2.45) is 0 Å². The molecule has 0 amide bonds. The number of halogens is 2. The van der Waals surface area contributed by atoms with Gasteiger partial charge in [-0.2, -0.15) is 0 Å². The highest BCUT2D eigenvalue weighted by Crippen LogP contribution is 2.26. The fourth-order valence-corrected chi connectivity index (χ4v) is 1.53. The van der Waals surface area contributed by atoms with Gasteiger partial charge in [-0.15, -0.1) is 0 Å². The van der Waals surface area contributed by atoms with E-state index in [1.165, 1.54) is 0 Å². The normalized spacial score (nSPS) is 10.0. The summed E-state index contributed by atoms with van der Waals surface area (Å²) >= 11 is 11.8. The molecule has 0 atom stereocenters. The predicted octanol–water partition coefficient (Wildman–Crippen LogP) is 3.52. The number of carbonyl (C=O) groups is 1. The van der Waals surface area contributed by atoms with Crippen molar-refractivity contribution in [1.29, 1.82) is 0 Å². The molecule has 1 aromatic rings. The monoisotopic (exact) mass is 216 g/mol. The summed E-state index contributed by atoms with van der Waals surface area (Å²) in [5.41, 5.74) is 1.01. The lowest BCUT2D eigenvalue weighted by Crippen LogP contribution is -1.87. The summed E-state index contributed by atoms with van der Waals surface area (Å²) < 4.78 is 0. The van der Waals surface area contributed by atoms with Crippen LogP contribution in [0.25, 0.3) is 0 Å². The van der Waals surface area contributed by atoms with E-state index in [1.54, 1.807) is 6.07 Å². The number of unbranched alkanes of at least 4 members (excludes halogenated alkanes) is 1. The molecular weight excluding hydrogens is 207 g/mol. The number of hydrogen-bond acceptors (Lipinski definition) is 1. The van der Waals surface area contributed by atoms with Gasteiger partial charge in [-0.25, -0.2) is 0 Å². The Bertz CT molecular complexity index is 297. The molecule has 0 bridgehead atoms. The van der Waals surface area contributed by atoms with Gasteiger partial charge in [-0.3, -0.25) is 0 Å². The van der Waals surface area contributed by atoms with Crippen LogP contribution >= 0.6 is 23.2 Å². The lowest BCUT2D eigenvalue weighted by atomic mass is 10.1. The van der Waals surface area contributed by atoms with Crippen molar-refractivity contribution in [3.63, 3.8) is 0 Å². The Kier molecular flexibility index (Phi) is 4.26. The molecule has 3 heteroatoms. The topological polar surface area (TPSA) is 17.1 Å². The van der Waals surface area contributed by atoms with E-state index in [0.717, 1.165) is 24.7 Å². The maximum atomic E-state index is 10.1. The van der Waals surface area contributed by atoms with E-state index < -0.39 is 0 Å². The molecule has 0 saturated carbocycles. The van der Waals surface area contributed by atoms with E-state index in [2.05, 4.69) is 0 Å². The molecule has 0 heterocycles. The molecule has 0 aliphatic carbocycles. The molecule has 0 unspecified atom stereocenters. The maximum absolute atomic E-state index is 10.1. The van der Waals surface area contributed by atoms with Gasteiger partial charge in [0.25, 0.3) is 0 Å². The Balaban J connectivity index is 2.65. The largest absolute Gasteiger partial charge is 0.303 e. The lowest BCUT2D eigenvalue weighted by molar-refractivity contribution is -0.107. The highest BCUT2D eigenvalue weighted by atomic mass is 35.5. The van der Waals surface area contributed by atoms with Gasteiger partial charge in [-0.1, -0.05) is 35.3 Å².